The Balaban J connectivity index is 1.79. The Morgan fingerprint density at radius 1 is 1.14 bits per heavy atom. The third-order valence-electron chi connectivity index (χ3n) is 4.28. The molecule has 0 bridgehead atoms. The number of amides is 4. The molecular formula is C18H13Cl2F2N3O3. The summed E-state index contributed by atoms with van der Waals surface area (Å²) in [4.78, 5) is 37.9. The SMILES string of the molecule is CC1(c2ccc(Cl)c(Cl)c2)NC(=O)N(CC(=O)Nc2cc(F)ccc2F)C1=O. The lowest BCUT2D eigenvalue weighted by molar-refractivity contribution is -0.133. The number of anilines is 1. The minimum atomic E-state index is -1.46. The molecule has 1 aliphatic rings. The largest absolute Gasteiger partial charge is 0.325 e. The molecule has 2 N–H and O–H groups in total. The fourth-order valence-corrected chi connectivity index (χ4v) is 3.07. The molecule has 2 aromatic carbocycles. The van der Waals surface area contributed by atoms with E-state index in [0.29, 0.717) is 10.5 Å². The summed E-state index contributed by atoms with van der Waals surface area (Å²) in [6.07, 6.45) is 0. The van der Waals surface area contributed by atoms with Crippen molar-refractivity contribution in [1.82, 2.24) is 10.2 Å². The fraction of sp³-hybridized carbons (Fsp3) is 0.167. The molecule has 0 aliphatic carbocycles. The summed E-state index contributed by atoms with van der Waals surface area (Å²) in [5.74, 6) is -3.18. The van der Waals surface area contributed by atoms with Crippen molar-refractivity contribution in [2.75, 3.05) is 11.9 Å². The quantitative estimate of drug-likeness (QED) is 0.730. The first-order chi connectivity index (χ1) is 13.1. The topological polar surface area (TPSA) is 78.5 Å². The summed E-state index contributed by atoms with van der Waals surface area (Å²) in [5, 5.41) is 5.11. The first-order valence-electron chi connectivity index (χ1n) is 7.96. The van der Waals surface area contributed by atoms with Crippen LogP contribution >= 0.6 is 23.2 Å². The summed E-state index contributed by atoms with van der Waals surface area (Å²) in [7, 11) is 0. The van der Waals surface area contributed by atoms with Gasteiger partial charge in [0.1, 0.15) is 23.7 Å². The van der Waals surface area contributed by atoms with Crippen LogP contribution in [0.3, 0.4) is 0 Å². The number of hydrogen-bond donors (Lipinski definition) is 2. The summed E-state index contributed by atoms with van der Waals surface area (Å²) in [6, 6.07) is 6.16. The Hall–Kier alpha value is -2.71. The number of rotatable bonds is 4. The zero-order chi connectivity index (χ0) is 20.6. The van der Waals surface area contributed by atoms with E-state index in [1.165, 1.54) is 25.1 Å². The summed E-state index contributed by atoms with van der Waals surface area (Å²) in [6.45, 7) is 0.772. The van der Waals surface area contributed by atoms with Crippen molar-refractivity contribution in [3.05, 3.63) is 63.6 Å². The van der Waals surface area contributed by atoms with Crippen LogP contribution in [0.1, 0.15) is 12.5 Å². The van der Waals surface area contributed by atoms with Crippen molar-refractivity contribution in [2.45, 2.75) is 12.5 Å². The van der Waals surface area contributed by atoms with E-state index in [1.54, 1.807) is 0 Å². The molecule has 10 heteroatoms. The van der Waals surface area contributed by atoms with Gasteiger partial charge < -0.3 is 10.6 Å². The molecule has 1 fully saturated rings. The number of hydrogen-bond acceptors (Lipinski definition) is 3. The second-order valence-electron chi connectivity index (χ2n) is 6.25. The Bertz CT molecular complexity index is 1000. The number of carbonyl (C=O) groups excluding carboxylic acids is 3. The molecule has 4 amide bonds. The molecule has 6 nitrogen and oxygen atoms in total. The standard InChI is InChI=1S/C18H13Cl2F2N3O3/c1-18(9-2-4-11(19)12(20)6-9)16(27)25(17(28)24-18)8-15(26)23-14-7-10(21)3-5-13(14)22/h2-7H,8H2,1H3,(H,23,26)(H,24,28). The fourth-order valence-electron chi connectivity index (χ4n) is 2.77. The van der Waals surface area contributed by atoms with Gasteiger partial charge in [-0.1, -0.05) is 29.3 Å². The zero-order valence-electron chi connectivity index (χ0n) is 14.4. The molecule has 1 saturated heterocycles. The molecule has 0 saturated carbocycles. The van der Waals surface area contributed by atoms with E-state index in [2.05, 4.69) is 10.6 Å². The van der Waals surface area contributed by atoms with Crippen molar-refractivity contribution in [3.8, 4) is 0 Å². The molecular weight excluding hydrogens is 415 g/mol. The van der Waals surface area contributed by atoms with Gasteiger partial charge in [0.2, 0.25) is 5.91 Å². The van der Waals surface area contributed by atoms with E-state index < -0.39 is 47.3 Å². The molecule has 1 atom stereocenters. The highest BCUT2D eigenvalue weighted by molar-refractivity contribution is 6.42. The summed E-state index contributed by atoms with van der Waals surface area (Å²) >= 11 is 11.8. The van der Waals surface area contributed by atoms with Crippen LogP contribution in [0.2, 0.25) is 10.0 Å². The smallest absolute Gasteiger partial charge is 0.322 e. The highest BCUT2D eigenvalue weighted by Gasteiger charge is 2.49. The van der Waals surface area contributed by atoms with Crippen molar-refractivity contribution in [1.29, 1.82) is 0 Å². The number of nitrogens with one attached hydrogen (secondary N) is 2. The molecule has 0 aromatic heterocycles. The highest BCUT2D eigenvalue weighted by Crippen LogP contribution is 2.33. The predicted octanol–water partition coefficient (Wildman–Crippen LogP) is 3.68. The monoisotopic (exact) mass is 427 g/mol. The second kappa shape index (κ2) is 7.37. The van der Waals surface area contributed by atoms with Gasteiger partial charge in [0, 0.05) is 6.07 Å². The molecule has 2 aromatic rings. The molecule has 146 valence electrons. The number of benzene rings is 2. The van der Waals surface area contributed by atoms with Gasteiger partial charge in [0.25, 0.3) is 5.91 Å². The van der Waals surface area contributed by atoms with Crippen LogP contribution in [0.25, 0.3) is 0 Å². The lowest BCUT2D eigenvalue weighted by Gasteiger charge is -2.22. The molecule has 1 heterocycles. The van der Waals surface area contributed by atoms with Gasteiger partial charge in [-0.05, 0) is 36.8 Å². The van der Waals surface area contributed by atoms with Crippen molar-refractivity contribution < 1.29 is 23.2 Å². The van der Waals surface area contributed by atoms with E-state index in [4.69, 9.17) is 23.2 Å². The number of urea groups is 1. The first kappa shape index (κ1) is 20.0. The second-order valence-corrected chi connectivity index (χ2v) is 7.06. The lowest BCUT2D eigenvalue weighted by Crippen LogP contribution is -2.42. The summed E-state index contributed by atoms with van der Waals surface area (Å²) in [5.41, 5.74) is -1.49. The van der Waals surface area contributed by atoms with Crippen LogP contribution in [0.5, 0.6) is 0 Å². The Morgan fingerprint density at radius 2 is 1.86 bits per heavy atom. The Morgan fingerprint density at radius 3 is 2.54 bits per heavy atom. The number of imide groups is 1. The van der Waals surface area contributed by atoms with Crippen LogP contribution in [-0.2, 0) is 15.1 Å². The minimum Gasteiger partial charge on any atom is -0.322 e. The van der Waals surface area contributed by atoms with Crippen molar-refractivity contribution >= 4 is 46.7 Å². The third-order valence-corrected chi connectivity index (χ3v) is 5.02. The van der Waals surface area contributed by atoms with E-state index in [-0.39, 0.29) is 10.0 Å². The first-order valence-corrected chi connectivity index (χ1v) is 8.72. The van der Waals surface area contributed by atoms with Crippen LogP contribution in [0, 0.1) is 11.6 Å². The van der Waals surface area contributed by atoms with Gasteiger partial charge in [-0.25, -0.2) is 13.6 Å². The normalized spacial score (nSPS) is 19.0. The van der Waals surface area contributed by atoms with E-state index in [1.807, 2.05) is 0 Å². The predicted molar refractivity (Wildman–Crippen MR) is 99.0 cm³/mol. The summed E-state index contributed by atoms with van der Waals surface area (Å²) < 4.78 is 26.9. The van der Waals surface area contributed by atoms with Crippen LogP contribution < -0.4 is 10.6 Å². The van der Waals surface area contributed by atoms with Crippen LogP contribution in [0.15, 0.2) is 36.4 Å². The molecule has 3 rings (SSSR count). The van der Waals surface area contributed by atoms with Gasteiger partial charge in [0.05, 0.1) is 15.7 Å². The number of carbonyl (C=O) groups is 3. The average Bonchev–Trinajstić information content (AvgIpc) is 2.84. The maximum absolute atomic E-state index is 13.6. The van der Waals surface area contributed by atoms with E-state index >= 15 is 0 Å². The van der Waals surface area contributed by atoms with Crippen LogP contribution in [0.4, 0.5) is 19.3 Å². The number of nitrogens with zero attached hydrogens (tertiary/aromatic N) is 1. The highest BCUT2D eigenvalue weighted by atomic mass is 35.5. The van der Waals surface area contributed by atoms with Crippen molar-refractivity contribution in [3.63, 3.8) is 0 Å². The average molecular weight is 428 g/mol. The van der Waals surface area contributed by atoms with Gasteiger partial charge >= 0.3 is 6.03 Å². The molecule has 0 spiro atoms. The van der Waals surface area contributed by atoms with Crippen LogP contribution in [-0.4, -0.2) is 29.3 Å². The van der Waals surface area contributed by atoms with Gasteiger partial charge in [0.15, 0.2) is 0 Å². The molecule has 0 radical (unpaired) electrons. The van der Waals surface area contributed by atoms with Gasteiger partial charge in [-0.15, -0.1) is 0 Å². The maximum atomic E-state index is 13.6. The maximum Gasteiger partial charge on any atom is 0.325 e. The lowest BCUT2D eigenvalue weighted by atomic mass is 9.92. The van der Waals surface area contributed by atoms with E-state index in [9.17, 15) is 23.2 Å². The Labute approximate surface area is 168 Å². The van der Waals surface area contributed by atoms with Gasteiger partial charge in [-0.2, -0.15) is 0 Å². The minimum absolute atomic E-state index is 0.195. The van der Waals surface area contributed by atoms with E-state index in [0.717, 1.165) is 18.2 Å². The Kier molecular flexibility index (Phi) is 5.27. The number of halogens is 4. The third kappa shape index (κ3) is 3.65. The molecule has 1 aliphatic heterocycles. The van der Waals surface area contributed by atoms with Crippen molar-refractivity contribution in [2.24, 2.45) is 0 Å². The molecule has 28 heavy (non-hydrogen) atoms. The van der Waals surface area contributed by atoms with Gasteiger partial charge in [-0.3, -0.25) is 14.5 Å². The zero-order valence-corrected chi connectivity index (χ0v) is 15.9. The molecule has 1 unspecified atom stereocenters.